The predicted octanol–water partition coefficient (Wildman–Crippen LogP) is 5.53. The Kier molecular flexibility index (Phi) is 5.94. The van der Waals surface area contributed by atoms with Gasteiger partial charge in [0.2, 0.25) is 11.7 Å². The normalized spacial score (nSPS) is 13.3. The Morgan fingerprint density at radius 3 is 2.76 bits per heavy atom. The minimum Gasteiger partial charge on any atom is -0.431 e. The van der Waals surface area contributed by atoms with Crippen molar-refractivity contribution >= 4 is 33.3 Å². The highest BCUT2D eigenvalue weighted by Gasteiger charge is 2.22. The Morgan fingerprint density at radius 1 is 1.24 bits per heavy atom. The Bertz CT molecular complexity index is 996. The van der Waals surface area contributed by atoms with E-state index < -0.39 is 0 Å². The van der Waals surface area contributed by atoms with E-state index in [1.54, 1.807) is 6.20 Å². The number of nitrogens with zero attached hydrogens (tertiary/aromatic N) is 2. The van der Waals surface area contributed by atoms with Gasteiger partial charge < -0.3 is 15.1 Å². The number of halogens is 1. The number of nitrogens with one attached hydrogen (secondary N) is 2. The van der Waals surface area contributed by atoms with Crippen molar-refractivity contribution in [2.45, 2.75) is 32.6 Å². The van der Waals surface area contributed by atoms with E-state index in [1.165, 1.54) is 12.8 Å². The smallest absolute Gasteiger partial charge is 0.293 e. The van der Waals surface area contributed by atoms with Crippen LogP contribution in [0.1, 0.15) is 42.4 Å². The number of carbonyl (C=O) groups is 1. The Hall–Kier alpha value is -2.67. The van der Waals surface area contributed by atoms with Crippen molar-refractivity contribution in [3.05, 3.63) is 58.5 Å². The quantitative estimate of drug-likeness (QED) is 0.467. The summed E-state index contributed by atoms with van der Waals surface area (Å²) in [5.74, 6) is 1.95. The third-order valence-corrected chi connectivity index (χ3v) is 5.48. The molecule has 0 aliphatic heterocycles. The van der Waals surface area contributed by atoms with Gasteiger partial charge in [0.05, 0.1) is 23.1 Å². The average Bonchev–Trinajstić information content (AvgIpc) is 3.46. The molecule has 2 aromatic heterocycles. The zero-order valence-electron chi connectivity index (χ0n) is 16.2. The first kappa shape index (κ1) is 19.6. The Balaban J connectivity index is 1.50. The van der Waals surface area contributed by atoms with E-state index >= 15 is 0 Å². The molecule has 2 heterocycles. The molecule has 2 N–H and O–H groups in total. The third kappa shape index (κ3) is 4.85. The van der Waals surface area contributed by atoms with Crippen LogP contribution < -0.4 is 10.6 Å². The first-order chi connectivity index (χ1) is 14.1. The molecule has 7 heteroatoms. The fraction of sp³-hybridized carbons (Fsp3) is 0.318. The number of oxazole rings is 1. The van der Waals surface area contributed by atoms with Gasteiger partial charge in [0.1, 0.15) is 5.82 Å². The number of anilines is 2. The molecule has 0 unspecified atom stereocenters. The number of aromatic nitrogens is 2. The third-order valence-electron chi connectivity index (χ3n) is 4.78. The molecule has 1 fully saturated rings. The van der Waals surface area contributed by atoms with Gasteiger partial charge in [-0.15, -0.1) is 0 Å². The van der Waals surface area contributed by atoms with Crippen LogP contribution in [0.3, 0.4) is 0 Å². The molecule has 1 amide bonds. The molecule has 0 saturated heterocycles. The van der Waals surface area contributed by atoms with Crippen molar-refractivity contribution in [1.29, 1.82) is 0 Å². The highest BCUT2D eigenvalue weighted by Crippen LogP contribution is 2.30. The Labute approximate surface area is 178 Å². The van der Waals surface area contributed by atoms with Crippen molar-refractivity contribution in [2.24, 2.45) is 5.92 Å². The average molecular weight is 455 g/mol. The first-order valence-electron chi connectivity index (χ1n) is 9.90. The fourth-order valence-electron chi connectivity index (χ4n) is 3.02. The molecule has 150 valence electrons. The van der Waals surface area contributed by atoms with Crippen molar-refractivity contribution < 1.29 is 9.21 Å². The van der Waals surface area contributed by atoms with Gasteiger partial charge in [-0.25, -0.2) is 9.97 Å². The molecule has 0 atom stereocenters. The van der Waals surface area contributed by atoms with Crippen LogP contribution in [0.4, 0.5) is 11.5 Å². The molecule has 0 radical (unpaired) electrons. The van der Waals surface area contributed by atoms with Crippen LogP contribution in [0, 0.1) is 5.92 Å². The largest absolute Gasteiger partial charge is 0.431 e. The number of carbonyl (C=O) groups excluding carboxylic acids is 1. The van der Waals surface area contributed by atoms with Crippen LogP contribution in [0.25, 0.3) is 11.5 Å². The van der Waals surface area contributed by atoms with Crippen molar-refractivity contribution in [3.63, 3.8) is 0 Å². The van der Waals surface area contributed by atoms with Crippen LogP contribution >= 0.6 is 15.9 Å². The van der Waals surface area contributed by atoms with Crippen LogP contribution in [0.15, 0.2) is 51.5 Å². The fourth-order valence-corrected chi connectivity index (χ4v) is 3.47. The first-order valence-corrected chi connectivity index (χ1v) is 10.7. The molecule has 1 aliphatic rings. The van der Waals surface area contributed by atoms with Gasteiger partial charge in [-0.2, -0.15) is 0 Å². The van der Waals surface area contributed by atoms with E-state index in [4.69, 9.17) is 4.42 Å². The second-order valence-electron chi connectivity index (χ2n) is 7.24. The summed E-state index contributed by atoms with van der Waals surface area (Å²) in [5.41, 5.74) is 2.09. The second kappa shape index (κ2) is 8.78. The number of hydrogen-bond donors (Lipinski definition) is 2. The standard InChI is InChI=1S/C22H23BrN4O2/c1-2-5-18-20(29-22(27-18)16-6-3-4-7-17(16)23)21(28)26-15-10-11-19(25-13-15)24-12-14-8-9-14/h3-4,6-7,10-11,13-14H,2,5,8-9,12H2,1H3,(H,24,25)(H,26,28). The van der Waals surface area contributed by atoms with E-state index in [-0.39, 0.29) is 11.7 Å². The van der Waals surface area contributed by atoms with Crippen LogP contribution in [-0.2, 0) is 6.42 Å². The summed E-state index contributed by atoms with van der Waals surface area (Å²) in [6.45, 7) is 3.00. The molecule has 4 rings (SSSR count). The van der Waals surface area contributed by atoms with Gasteiger partial charge in [-0.3, -0.25) is 4.79 Å². The van der Waals surface area contributed by atoms with Crippen molar-refractivity contribution in [3.8, 4) is 11.5 Å². The van der Waals surface area contributed by atoms with E-state index in [2.05, 4.69) is 36.5 Å². The van der Waals surface area contributed by atoms with Crippen LogP contribution in [-0.4, -0.2) is 22.4 Å². The highest BCUT2D eigenvalue weighted by atomic mass is 79.9. The molecule has 0 spiro atoms. The SMILES string of the molecule is CCCc1nc(-c2ccccc2Br)oc1C(=O)Nc1ccc(NCC2CC2)nc1. The minimum atomic E-state index is -0.320. The number of hydrogen-bond acceptors (Lipinski definition) is 5. The van der Waals surface area contributed by atoms with E-state index in [0.717, 1.165) is 34.7 Å². The summed E-state index contributed by atoms with van der Waals surface area (Å²) in [6.07, 6.45) is 5.77. The molecular formula is C22H23BrN4O2. The number of benzene rings is 1. The summed E-state index contributed by atoms with van der Waals surface area (Å²) in [5, 5.41) is 6.18. The van der Waals surface area contributed by atoms with Crippen molar-refractivity contribution in [2.75, 3.05) is 17.2 Å². The van der Waals surface area contributed by atoms with Crippen LogP contribution in [0.5, 0.6) is 0 Å². The summed E-state index contributed by atoms with van der Waals surface area (Å²) in [7, 11) is 0. The molecule has 6 nitrogen and oxygen atoms in total. The monoisotopic (exact) mass is 454 g/mol. The molecular weight excluding hydrogens is 432 g/mol. The molecule has 1 aliphatic carbocycles. The maximum atomic E-state index is 12.8. The second-order valence-corrected chi connectivity index (χ2v) is 8.09. The summed E-state index contributed by atoms with van der Waals surface area (Å²) in [4.78, 5) is 21.8. The molecule has 1 aromatic carbocycles. The highest BCUT2D eigenvalue weighted by molar-refractivity contribution is 9.10. The van der Waals surface area contributed by atoms with Gasteiger partial charge in [-0.05, 0) is 65.4 Å². The zero-order valence-corrected chi connectivity index (χ0v) is 17.8. The van der Waals surface area contributed by atoms with Crippen molar-refractivity contribution in [1.82, 2.24) is 9.97 Å². The van der Waals surface area contributed by atoms with Gasteiger partial charge in [-0.1, -0.05) is 25.5 Å². The van der Waals surface area contributed by atoms with E-state index in [9.17, 15) is 4.79 Å². The Morgan fingerprint density at radius 2 is 2.07 bits per heavy atom. The summed E-state index contributed by atoms with van der Waals surface area (Å²) < 4.78 is 6.75. The zero-order chi connectivity index (χ0) is 20.2. The maximum Gasteiger partial charge on any atom is 0.293 e. The van der Waals surface area contributed by atoms with Gasteiger partial charge in [0, 0.05) is 11.0 Å². The van der Waals surface area contributed by atoms with E-state index in [0.29, 0.717) is 23.7 Å². The van der Waals surface area contributed by atoms with Gasteiger partial charge in [0.25, 0.3) is 5.91 Å². The molecule has 0 bridgehead atoms. The lowest BCUT2D eigenvalue weighted by atomic mass is 10.2. The van der Waals surface area contributed by atoms with Gasteiger partial charge in [0.15, 0.2) is 0 Å². The van der Waals surface area contributed by atoms with Crippen LogP contribution in [0.2, 0.25) is 0 Å². The maximum absolute atomic E-state index is 12.8. The molecule has 29 heavy (non-hydrogen) atoms. The lowest BCUT2D eigenvalue weighted by Crippen LogP contribution is -2.13. The lowest BCUT2D eigenvalue weighted by Gasteiger charge is -2.07. The van der Waals surface area contributed by atoms with E-state index in [1.807, 2.05) is 43.3 Å². The summed E-state index contributed by atoms with van der Waals surface area (Å²) in [6, 6.07) is 11.4. The number of aryl methyl sites for hydroxylation is 1. The lowest BCUT2D eigenvalue weighted by molar-refractivity contribution is 0.0996. The van der Waals surface area contributed by atoms with Gasteiger partial charge >= 0.3 is 0 Å². The number of rotatable bonds is 8. The number of amides is 1. The number of pyridine rings is 1. The predicted molar refractivity (Wildman–Crippen MR) is 117 cm³/mol. The molecule has 3 aromatic rings. The molecule has 1 saturated carbocycles. The topological polar surface area (TPSA) is 80.0 Å². The summed E-state index contributed by atoms with van der Waals surface area (Å²) >= 11 is 3.51. The minimum absolute atomic E-state index is 0.244.